The van der Waals surface area contributed by atoms with Gasteiger partial charge in [0.15, 0.2) is 27.5 Å². The van der Waals surface area contributed by atoms with Crippen LogP contribution in [-0.4, -0.2) is 24.1 Å². The van der Waals surface area contributed by atoms with E-state index in [-0.39, 0.29) is 17.9 Å². The normalized spacial score (nSPS) is 11.2. The summed E-state index contributed by atoms with van der Waals surface area (Å²) < 4.78 is 23.1. The number of hydrogen-bond donors (Lipinski definition) is 0. The lowest BCUT2D eigenvalue weighted by molar-refractivity contribution is 0.278. The average molecular weight is 480 g/mol. The lowest BCUT2D eigenvalue weighted by Crippen LogP contribution is -2.14. The van der Waals surface area contributed by atoms with E-state index >= 15 is 0 Å². The molecule has 166 valence electrons. The molecule has 0 aliphatic carbocycles. The molecule has 0 aliphatic rings. The second-order valence-corrected chi connectivity index (χ2v) is 8.94. The second kappa shape index (κ2) is 9.16. The van der Waals surface area contributed by atoms with Crippen LogP contribution in [0.4, 0.5) is 4.39 Å². The van der Waals surface area contributed by atoms with Crippen LogP contribution in [0.5, 0.6) is 5.75 Å². The van der Waals surface area contributed by atoms with Gasteiger partial charge >= 0.3 is 0 Å². The van der Waals surface area contributed by atoms with Crippen molar-refractivity contribution in [1.82, 2.24) is 24.1 Å². The molecule has 0 bridgehead atoms. The summed E-state index contributed by atoms with van der Waals surface area (Å²) in [5.74, 6) is 0.694. The summed E-state index contributed by atoms with van der Waals surface area (Å²) in [7, 11) is 0. The molecule has 0 N–H and O–H groups in total. The zero-order valence-electron chi connectivity index (χ0n) is 17.5. The third kappa shape index (κ3) is 4.39. The van der Waals surface area contributed by atoms with Crippen LogP contribution in [-0.2, 0) is 12.4 Å². The van der Waals surface area contributed by atoms with Crippen LogP contribution >= 0.6 is 23.1 Å². The highest BCUT2D eigenvalue weighted by atomic mass is 32.2. The summed E-state index contributed by atoms with van der Waals surface area (Å²) in [6, 6.07) is 17.4. The lowest BCUT2D eigenvalue weighted by Gasteiger charge is -2.11. The zero-order chi connectivity index (χ0) is 22.8. The maximum absolute atomic E-state index is 14.0. The molecule has 10 heteroatoms. The van der Waals surface area contributed by atoms with Crippen molar-refractivity contribution in [3.8, 4) is 11.4 Å². The van der Waals surface area contributed by atoms with Gasteiger partial charge < -0.3 is 4.74 Å². The number of thioether (sulfide) groups is 1. The highest BCUT2D eigenvalue weighted by Gasteiger charge is 2.17. The van der Waals surface area contributed by atoms with Gasteiger partial charge in [-0.15, -0.1) is 21.5 Å². The molecule has 0 unspecified atom stereocenters. The molecule has 0 fully saturated rings. The number of hydrogen-bond acceptors (Lipinski definition) is 7. The highest BCUT2D eigenvalue weighted by molar-refractivity contribution is 7.98. The van der Waals surface area contributed by atoms with E-state index in [1.165, 1.54) is 29.2 Å². The van der Waals surface area contributed by atoms with Gasteiger partial charge in [0.25, 0.3) is 5.56 Å². The summed E-state index contributed by atoms with van der Waals surface area (Å²) >= 11 is 2.85. The largest absolute Gasteiger partial charge is 0.483 e. The predicted octanol–water partition coefficient (Wildman–Crippen LogP) is 4.66. The van der Waals surface area contributed by atoms with Crippen LogP contribution in [0.3, 0.4) is 0 Å². The summed E-state index contributed by atoms with van der Waals surface area (Å²) in [6.45, 7) is 1.93. The minimum absolute atomic E-state index is 0.0451. The van der Waals surface area contributed by atoms with Gasteiger partial charge in [0, 0.05) is 28.6 Å². The van der Waals surface area contributed by atoms with E-state index in [1.807, 2.05) is 47.2 Å². The molecule has 33 heavy (non-hydrogen) atoms. The molecular formula is C23H18FN5O2S2. The number of aromatic nitrogens is 5. The fraction of sp³-hybridized carbons (Fsp3) is 0.130. The number of fused-ring (bicyclic) bond motifs is 1. The van der Waals surface area contributed by atoms with E-state index in [4.69, 9.17) is 4.74 Å². The van der Waals surface area contributed by atoms with Crippen molar-refractivity contribution < 1.29 is 9.13 Å². The van der Waals surface area contributed by atoms with E-state index in [0.717, 1.165) is 11.4 Å². The van der Waals surface area contributed by atoms with Gasteiger partial charge in [-0.25, -0.2) is 9.37 Å². The molecule has 5 aromatic rings. The van der Waals surface area contributed by atoms with Gasteiger partial charge in [-0.1, -0.05) is 42.1 Å². The molecule has 0 spiro atoms. The Morgan fingerprint density at radius 3 is 2.70 bits per heavy atom. The van der Waals surface area contributed by atoms with Crippen LogP contribution in [0.2, 0.25) is 0 Å². The Bertz CT molecular complexity index is 1480. The maximum atomic E-state index is 14.0. The van der Waals surface area contributed by atoms with E-state index in [0.29, 0.717) is 27.4 Å². The number of nitrogens with zero attached hydrogens (tertiary/aromatic N) is 5. The number of ether oxygens (including phenoxy) is 1. The van der Waals surface area contributed by atoms with Crippen LogP contribution in [0.25, 0.3) is 10.6 Å². The van der Waals surface area contributed by atoms with E-state index < -0.39 is 5.82 Å². The van der Waals surface area contributed by atoms with E-state index in [2.05, 4.69) is 15.2 Å². The van der Waals surface area contributed by atoms with Crippen molar-refractivity contribution in [2.45, 2.75) is 24.4 Å². The predicted molar refractivity (Wildman–Crippen MR) is 126 cm³/mol. The lowest BCUT2D eigenvalue weighted by atomic mass is 10.3. The Morgan fingerprint density at radius 1 is 1.09 bits per heavy atom. The van der Waals surface area contributed by atoms with Crippen molar-refractivity contribution in [3.05, 3.63) is 99.4 Å². The monoisotopic (exact) mass is 479 g/mol. The average Bonchev–Trinajstić information content (AvgIpc) is 3.41. The van der Waals surface area contributed by atoms with Gasteiger partial charge in [0.2, 0.25) is 0 Å². The molecule has 7 nitrogen and oxygen atoms in total. The third-order valence-corrected chi connectivity index (χ3v) is 6.79. The first-order chi connectivity index (χ1) is 16.1. The zero-order valence-corrected chi connectivity index (χ0v) is 19.1. The molecule has 2 aromatic carbocycles. The molecule has 0 atom stereocenters. The van der Waals surface area contributed by atoms with Crippen LogP contribution in [0.15, 0.2) is 76.0 Å². The number of halogens is 1. The van der Waals surface area contributed by atoms with Crippen molar-refractivity contribution in [1.29, 1.82) is 0 Å². The Labute approximate surface area is 196 Å². The minimum atomic E-state index is -0.436. The fourth-order valence-electron chi connectivity index (χ4n) is 3.34. The molecule has 0 aliphatic heterocycles. The third-order valence-electron chi connectivity index (χ3n) is 4.89. The molecular weight excluding hydrogens is 461 g/mol. The molecule has 0 radical (unpaired) electrons. The van der Waals surface area contributed by atoms with Gasteiger partial charge in [-0.3, -0.25) is 13.8 Å². The van der Waals surface area contributed by atoms with Crippen LogP contribution in [0.1, 0.15) is 17.2 Å². The van der Waals surface area contributed by atoms with Crippen molar-refractivity contribution in [2.75, 3.05) is 0 Å². The summed E-state index contributed by atoms with van der Waals surface area (Å²) in [5.41, 5.74) is 2.29. The number of benzene rings is 2. The van der Waals surface area contributed by atoms with E-state index in [9.17, 15) is 9.18 Å². The van der Waals surface area contributed by atoms with Crippen molar-refractivity contribution in [2.24, 2.45) is 0 Å². The summed E-state index contributed by atoms with van der Waals surface area (Å²) in [5, 5.41) is 11.1. The first-order valence-corrected chi connectivity index (χ1v) is 11.9. The van der Waals surface area contributed by atoms with Crippen LogP contribution < -0.4 is 10.3 Å². The fourth-order valence-corrected chi connectivity index (χ4v) is 5.10. The molecule has 0 saturated heterocycles. The summed E-state index contributed by atoms with van der Waals surface area (Å²) in [6.07, 6.45) is 0. The van der Waals surface area contributed by atoms with E-state index in [1.54, 1.807) is 28.7 Å². The number of para-hydroxylation sites is 2. The minimum Gasteiger partial charge on any atom is -0.483 e. The van der Waals surface area contributed by atoms with Gasteiger partial charge in [-0.2, -0.15) is 0 Å². The summed E-state index contributed by atoms with van der Waals surface area (Å²) in [4.78, 5) is 17.7. The Kier molecular flexibility index (Phi) is 5.93. The first-order valence-electron chi connectivity index (χ1n) is 10.1. The quantitative estimate of drug-likeness (QED) is 0.316. The highest BCUT2D eigenvalue weighted by Crippen LogP contribution is 2.26. The number of thiazole rings is 1. The smallest absolute Gasteiger partial charge is 0.258 e. The molecule has 5 rings (SSSR count). The van der Waals surface area contributed by atoms with Crippen molar-refractivity contribution in [3.63, 3.8) is 0 Å². The maximum Gasteiger partial charge on any atom is 0.258 e. The molecule has 0 amide bonds. The van der Waals surface area contributed by atoms with Gasteiger partial charge in [-0.05, 0) is 31.2 Å². The van der Waals surface area contributed by atoms with Gasteiger partial charge in [0.05, 0.1) is 5.69 Å². The van der Waals surface area contributed by atoms with Gasteiger partial charge in [0.1, 0.15) is 6.61 Å². The topological polar surface area (TPSA) is 74.3 Å². The molecule has 3 aromatic heterocycles. The Balaban J connectivity index is 1.42. The Morgan fingerprint density at radius 2 is 1.88 bits per heavy atom. The first kappa shape index (κ1) is 21.4. The van der Waals surface area contributed by atoms with Crippen molar-refractivity contribution >= 4 is 28.1 Å². The number of rotatable bonds is 7. The SMILES string of the molecule is Cc1csc2nc(CSc3nnc(COc4ccccc4F)n3-c3ccccc3)cc(=O)n12. The second-order valence-electron chi connectivity index (χ2n) is 7.16. The standard InChI is InChI=1S/C23H18FN5O2S2/c1-15-13-32-22-25-16(11-21(30)28(15)22)14-33-23-27-26-20(29(23)17-7-3-2-4-8-17)12-31-19-10-6-5-9-18(19)24/h2-11,13H,12,14H2,1H3. The Hall–Kier alpha value is -3.50. The molecule has 3 heterocycles. The van der Waals surface area contributed by atoms with Crippen LogP contribution in [0, 0.1) is 12.7 Å². The number of aryl methyl sites for hydroxylation is 1. The molecule has 0 saturated carbocycles.